The fraction of sp³-hybridized carbons (Fsp3) is 0.750. The van der Waals surface area contributed by atoms with E-state index in [1.807, 2.05) is 13.8 Å². The smallest absolute Gasteiger partial charge is 0.338 e. The fourth-order valence-electron chi connectivity index (χ4n) is 1.35. The van der Waals surface area contributed by atoms with Crippen molar-refractivity contribution in [1.82, 2.24) is 0 Å². The van der Waals surface area contributed by atoms with E-state index in [-0.39, 0.29) is 16.6 Å². The molecular formula is C12H22O2Si. The van der Waals surface area contributed by atoms with Gasteiger partial charge in [0.1, 0.15) is 5.60 Å². The first-order valence-corrected chi connectivity index (χ1v) is 8.52. The van der Waals surface area contributed by atoms with E-state index in [4.69, 9.17) is 4.74 Å². The Labute approximate surface area is 93.7 Å². The Kier molecular flexibility index (Phi) is 2.67. The molecule has 0 aliphatic carbocycles. The second-order valence-corrected chi connectivity index (χ2v) is 11.7. The van der Waals surface area contributed by atoms with Crippen LogP contribution in [0.15, 0.2) is 11.3 Å². The van der Waals surface area contributed by atoms with Crippen molar-refractivity contribution in [3.63, 3.8) is 0 Å². The summed E-state index contributed by atoms with van der Waals surface area (Å²) in [5.74, 6) is -0.134. The minimum Gasteiger partial charge on any atom is -0.451 e. The molecule has 0 N–H and O–H groups in total. The summed E-state index contributed by atoms with van der Waals surface area (Å²) in [5.41, 5.74) is 2.71. The van der Waals surface area contributed by atoms with E-state index in [2.05, 4.69) is 39.6 Å². The molecule has 2 nitrogen and oxygen atoms in total. The Morgan fingerprint density at radius 1 is 1.27 bits per heavy atom. The molecule has 0 aromatic rings. The van der Waals surface area contributed by atoms with E-state index in [1.54, 1.807) is 0 Å². The maximum atomic E-state index is 11.4. The molecule has 1 fully saturated rings. The first kappa shape index (κ1) is 12.5. The number of carbonyl (C=O) groups excluding carboxylic acids is 1. The van der Waals surface area contributed by atoms with Crippen LogP contribution in [0.2, 0.25) is 18.1 Å². The summed E-state index contributed by atoms with van der Waals surface area (Å²) in [7, 11) is -1.53. The van der Waals surface area contributed by atoms with Crippen molar-refractivity contribution < 1.29 is 9.53 Å². The molecule has 0 saturated carbocycles. The number of carbonyl (C=O) groups is 1. The van der Waals surface area contributed by atoms with Crippen LogP contribution in [0.1, 0.15) is 34.6 Å². The quantitative estimate of drug-likeness (QED) is 0.389. The lowest BCUT2D eigenvalue weighted by Crippen LogP contribution is -2.48. The molecule has 0 atom stereocenters. The van der Waals surface area contributed by atoms with Gasteiger partial charge >= 0.3 is 5.97 Å². The summed E-state index contributed by atoms with van der Waals surface area (Å²) < 4.78 is 5.11. The molecule has 0 aromatic heterocycles. The highest BCUT2D eigenvalue weighted by atomic mass is 28.3. The SMILES string of the molecule is CC1(C)OC(=O)C1=C[Si](C)(C)C(C)(C)C. The van der Waals surface area contributed by atoms with E-state index in [9.17, 15) is 4.79 Å². The standard InChI is InChI=1S/C12H22O2Si/c1-11(2,3)15(6,7)8-9-10(13)14-12(9,4)5/h8H,1-7H3. The van der Waals surface area contributed by atoms with Crippen LogP contribution in [0.3, 0.4) is 0 Å². The predicted octanol–water partition coefficient (Wildman–Crippen LogP) is 3.30. The molecule has 0 spiro atoms. The van der Waals surface area contributed by atoms with E-state index in [1.165, 1.54) is 0 Å². The molecule has 0 radical (unpaired) electrons. The summed E-state index contributed by atoms with van der Waals surface area (Å²) >= 11 is 0. The summed E-state index contributed by atoms with van der Waals surface area (Å²) in [6, 6.07) is 0. The van der Waals surface area contributed by atoms with Crippen LogP contribution in [0.5, 0.6) is 0 Å². The largest absolute Gasteiger partial charge is 0.451 e. The van der Waals surface area contributed by atoms with Crippen molar-refractivity contribution in [2.24, 2.45) is 0 Å². The van der Waals surface area contributed by atoms with Crippen LogP contribution in [0.4, 0.5) is 0 Å². The summed E-state index contributed by atoms with van der Waals surface area (Å²) in [4.78, 5) is 11.4. The summed E-state index contributed by atoms with van der Waals surface area (Å²) in [5, 5.41) is 0.270. The number of rotatable bonds is 1. The molecule has 0 amide bonds. The Morgan fingerprint density at radius 3 is 2.00 bits per heavy atom. The predicted molar refractivity (Wildman–Crippen MR) is 65.5 cm³/mol. The van der Waals surface area contributed by atoms with E-state index >= 15 is 0 Å². The molecule has 0 aromatic carbocycles. The van der Waals surface area contributed by atoms with Crippen molar-refractivity contribution in [1.29, 1.82) is 0 Å². The van der Waals surface area contributed by atoms with Gasteiger partial charge in [0, 0.05) is 0 Å². The second-order valence-electron chi connectivity index (χ2n) is 6.43. The van der Waals surface area contributed by atoms with Gasteiger partial charge in [-0.2, -0.15) is 0 Å². The average Bonchev–Trinajstić information content (AvgIpc) is 1.97. The van der Waals surface area contributed by atoms with Gasteiger partial charge in [-0.05, 0) is 18.9 Å². The maximum absolute atomic E-state index is 11.4. The van der Waals surface area contributed by atoms with Gasteiger partial charge in [0.15, 0.2) is 0 Å². The van der Waals surface area contributed by atoms with Gasteiger partial charge in [0.05, 0.1) is 13.6 Å². The van der Waals surface area contributed by atoms with Gasteiger partial charge in [-0.3, -0.25) is 0 Å². The third-order valence-electron chi connectivity index (χ3n) is 3.65. The van der Waals surface area contributed by atoms with Crippen molar-refractivity contribution in [3.05, 3.63) is 11.3 Å². The molecule has 1 heterocycles. The topological polar surface area (TPSA) is 26.3 Å². The monoisotopic (exact) mass is 226 g/mol. The van der Waals surface area contributed by atoms with Gasteiger partial charge in [-0.25, -0.2) is 4.79 Å². The van der Waals surface area contributed by atoms with Crippen LogP contribution in [-0.4, -0.2) is 19.6 Å². The zero-order chi connectivity index (χ0) is 12.1. The molecule has 1 aliphatic rings. The molecule has 1 saturated heterocycles. The summed E-state index contributed by atoms with van der Waals surface area (Å²) in [6.45, 7) is 15.2. The zero-order valence-electron chi connectivity index (χ0n) is 10.9. The summed E-state index contributed by atoms with van der Waals surface area (Å²) in [6.07, 6.45) is 0. The van der Waals surface area contributed by atoms with E-state index in [0.29, 0.717) is 0 Å². The number of hydrogen-bond acceptors (Lipinski definition) is 2. The van der Waals surface area contributed by atoms with Crippen LogP contribution in [-0.2, 0) is 9.53 Å². The minimum absolute atomic E-state index is 0.134. The Hall–Kier alpha value is -0.573. The van der Waals surface area contributed by atoms with Gasteiger partial charge in [0.25, 0.3) is 0 Å². The van der Waals surface area contributed by atoms with E-state index in [0.717, 1.165) is 5.57 Å². The highest BCUT2D eigenvalue weighted by molar-refractivity contribution is 6.85. The van der Waals surface area contributed by atoms with Gasteiger partial charge in [-0.1, -0.05) is 39.6 Å². The van der Waals surface area contributed by atoms with Crippen LogP contribution in [0, 0.1) is 0 Å². The van der Waals surface area contributed by atoms with Crippen LogP contribution < -0.4 is 0 Å². The van der Waals surface area contributed by atoms with Crippen LogP contribution >= 0.6 is 0 Å². The lowest BCUT2D eigenvalue weighted by Gasteiger charge is -2.41. The zero-order valence-corrected chi connectivity index (χ0v) is 11.9. The van der Waals surface area contributed by atoms with Crippen LogP contribution in [0.25, 0.3) is 0 Å². The average molecular weight is 226 g/mol. The third-order valence-corrected chi connectivity index (χ3v) is 8.53. The lowest BCUT2D eigenvalue weighted by atomic mass is 9.94. The highest BCUT2D eigenvalue weighted by Crippen LogP contribution is 2.41. The minimum atomic E-state index is -1.53. The number of esters is 1. The molecule has 0 bridgehead atoms. The Bertz CT molecular complexity index is 319. The lowest BCUT2D eigenvalue weighted by molar-refractivity contribution is -0.166. The van der Waals surface area contributed by atoms with Crippen molar-refractivity contribution >= 4 is 14.0 Å². The molecule has 1 aliphatic heterocycles. The highest BCUT2D eigenvalue weighted by Gasteiger charge is 2.46. The normalized spacial score (nSPS) is 23.7. The van der Waals surface area contributed by atoms with E-state index < -0.39 is 8.07 Å². The second kappa shape index (κ2) is 3.21. The first-order valence-electron chi connectivity index (χ1n) is 5.44. The third kappa shape index (κ3) is 2.17. The number of ether oxygens (including phenoxy) is 1. The van der Waals surface area contributed by atoms with Gasteiger partial charge in [-0.15, -0.1) is 0 Å². The fourth-order valence-corrected chi connectivity index (χ4v) is 2.97. The van der Waals surface area contributed by atoms with Crippen molar-refractivity contribution in [2.45, 2.75) is 58.4 Å². The Morgan fingerprint density at radius 2 is 1.73 bits per heavy atom. The van der Waals surface area contributed by atoms with Crippen molar-refractivity contribution in [3.8, 4) is 0 Å². The number of hydrogen-bond donors (Lipinski definition) is 0. The van der Waals surface area contributed by atoms with Crippen molar-refractivity contribution in [2.75, 3.05) is 0 Å². The first-order chi connectivity index (χ1) is 6.47. The molecule has 0 unspecified atom stereocenters. The molecule has 3 heteroatoms. The van der Waals surface area contributed by atoms with Gasteiger partial charge in [0.2, 0.25) is 0 Å². The molecule has 1 rings (SSSR count). The molecular weight excluding hydrogens is 204 g/mol. The van der Waals surface area contributed by atoms with Gasteiger partial charge < -0.3 is 4.74 Å². The molecule has 15 heavy (non-hydrogen) atoms. The Balaban J connectivity index is 3.02. The molecule has 86 valence electrons. The maximum Gasteiger partial charge on any atom is 0.338 e. The number of cyclic esters (lactones) is 1.